The fourth-order valence-corrected chi connectivity index (χ4v) is 3.35. The van der Waals surface area contributed by atoms with Crippen LogP contribution in [0.15, 0.2) is 24.3 Å². The molecule has 0 aliphatic heterocycles. The van der Waals surface area contributed by atoms with Crippen LogP contribution < -0.4 is 11.1 Å². The highest BCUT2D eigenvalue weighted by Gasteiger charge is 2.41. The van der Waals surface area contributed by atoms with E-state index in [4.69, 9.17) is 5.73 Å². The minimum Gasteiger partial charge on any atom is -0.399 e. The van der Waals surface area contributed by atoms with Crippen LogP contribution in [0.2, 0.25) is 0 Å². The molecule has 2 fully saturated rings. The van der Waals surface area contributed by atoms with Crippen LogP contribution in [0.25, 0.3) is 0 Å². The molecule has 0 saturated heterocycles. The first-order chi connectivity index (χ1) is 9.56. The van der Waals surface area contributed by atoms with E-state index in [0.29, 0.717) is 0 Å². The van der Waals surface area contributed by atoms with E-state index in [1.54, 1.807) is 0 Å². The molecule has 2 aliphatic rings. The van der Waals surface area contributed by atoms with E-state index >= 15 is 0 Å². The van der Waals surface area contributed by atoms with Crippen LogP contribution in [0.4, 0.5) is 5.69 Å². The van der Waals surface area contributed by atoms with Crippen LogP contribution in [0.5, 0.6) is 0 Å². The molecule has 0 aromatic heterocycles. The largest absolute Gasteiger partial charge is 0.399 e. The van der Waals surface area contributed by atoms with E-state index in [2.05, 4.69) is 31.3 Å². The molecule has 0 atom stereocenters. The van der Waals surface area contributed by atoms with E-state index in [1.807, 2.05) is 12.1 Å². The van der Waals surface area contributed by atoms with Gasteiger partial charge in [0.05, 0.1) is 0 Å². The quantitative estimate of drug-likeness (QED) is 0.745. The van der Waals surface area contributed by atoms with E-state index < -0.39 is 0 Å². The van der Waals surface area contributed by atoms with Crippen LogP contribution in [-0.2, 0) is 5.41 Å². The molecule has 2 saturated carbocycles. The lowest BCUT2D eigenvalue weighted by atomic mass is 9.84. The summed E-state index contributed by atoms with van der Waals surface area (Å²) >= 11 is 0. The van der Waals surface area contributed by atoms with E-state index in [9.17, 15) is 0 Å². The first-order valence-electron chi connectivity index (χ1n) is 8.13. The number of anilines is 1. The lowest BCUT2D eigenvalue weighted by Crippen LogP contribution is -2.36. The molecule has 2 heteroatoms. The number of nitrogen functional groups attached to an aromatic ring is 1. The normalized spacial score (nSPS) is 19.6. The van der Waals surface area contributed by atoms with Crippen molar-refractivity contribution in [3.8, 4) is 0 Å². The smallest absolute Gasteiger partial charge is 0.0314 e. The molecule has 110 valence electrons. The lowest BCUT2D eigenvalue weighted by Gasteiger charge is -2.27. The van der Waals surface area contributed by atoms with Crippen molar-refractivity contribution in [2.75, 3.05) is 18.8 Å². The minimum atomic E-state index is 0.172. The molecule has 3 N–H and O–H groups in total. The van der Waals surface area contributed by atoms with Gasteiger partial charge in [0.25, 0.3) is 0 Å². The molecule has 2 nitrogen and oxygen atoms in total. The maximum Gasteiger partial charge on any atom is 0.0314 e. The van der Waals surface area contributed by atoms with Crippen molar-refractivity contribution in [3.05, 3.63) is 29.8 Å². The fourth-order valence-electron chi connectivity index (χ4n) is 3.35. The van der Waals surface area contributed by atoms with Crippen LogP contribution in [0.1, 0.15) is 45.1 Å². The number of rotatable bonds is 7. The summed E-state index contributed by atoms with van der Waals surface area (Å²) in [6.07, 6.45) is 5.91. The summed E-state index contributed by atoms with van der Waals surface area (Å²) in [4.78, 5) is 0. The zero-order valence-corrected chi connectivity index (χ0v) is 12.9. The average molecular weight is 272 g/mol. The van der Waals surface area contributed by atoms with Crippen molar-refractivity contribution in [2.24, 2.45) is 17.8 Å². The Hall–Kier alpha value is -1.02. The Labute approximate surface area is 123 Å². The molecule has 1 aromatic carbocycles. The Balaban J connectivity index is 1.52. The van der Waals surface area contributed by atoms with Gasteiger partial charge in [0.15, 0.2) is 0 Å². The second-order valence-electron chi connectivity index (χ2n) is 7.48. The molecule has 0 amide bonds. The number of benzene rings is 1. The lowest BCUT2D eigenvalue weighted by molar-refractivity contribution is 0.356. The summed E-state index contributed by atoms with van der Waals surface area (Å²) in [6, 6.07) is 8.34. The average Bonchev–Trinajstić information content (AvgIpc) is 3.28. The first kappa shape index (κ1) is 13.9. The molecular weight excluding hydrogens is 244 g/mol. The third kappa shape index (κ3) is 3.35. The zero-order chi connectivity index (χ0) is 14.2. The molecule has 0 bridgehead atoms. The highest BCUT2D eigenvalue weighted by atomic mass is 14.9. The zero-order valence-electron chi connectivity index (χ0n) is 12.9. The number of hydrogen-bond donors (Lipinski definition) is 2. The van der Waals surface area contributed by atoms with Gasteiger partial charge >= 0.3 is 0 Å². The predicted molar refractivity (Wildman–Crippen MR) is 85.7 cm³/mol. The van der Waals surface area contributed by atoms with Crippen molar-refractivity contribution in [1.29, 1.82) is 0 Å². The summed E-state index contributed by atoms with van der Waals surface area (Å²) in [7, 11) is 0. The monoisotopic (exact) mass is 272 g/mol. The molecule has 20 heavy (non-hydrogen) atoms. The van der Waals surface area contributed by atoms with Gasteiger partial charge in [0, 0.05) is 17.6 Å². The van der Waals surface area contributed by atoms with Gasteiger partial charge in [0.1, 0.15) is 0 Å². The summed E-state index contributed by atoms with van der Waals surface area (Å²) < 4.78 is 0. The van der Waals surface area contributed by atoms with Gasteiger partial charge in [-0.05, 0) is 67.7 Å². The molecule has 2 aliphatic carbocycles. The fraction of sp³-hybridized carbons (Fsp3) is 0.667. The highest BCUT2D eigenvalue weighted by Crippen LogP contribution is 2.48. The van der Waals surface area contributed by atoms with Crippen LogP contribution in [0.3, 0.4) is 0 Å². The molecule has 0 unspecified atom stereocenters. The maximum absolute atomic E-state index is 5.77. The van der Waals surface area contributed by atoms with Gasteiger partial charge in [-0.3, -0.25) is 0 Å². The van der Waals surface area contributed by atoms with E-state index in [0.717, 1.165) is 30.0 Å². The van der Waals surface area contributed by atoms with E-state index in [1.165, 1.54) is 37.8 Å². The summed E-state index contributed by atoms with van der Waals surface area (Å²) in [5, 5.41) is 3.75. The van der Waals surface area contributed by atoms with Gasteiger partial charge in [-0.1, -0.05) is 26.0 Å². The topological polar surface area (TPSA) is 38.0 Å². The summed E-state index contributed by atoms with van der Waals surface area (Å²) in [5.74, 6) is 3.03. The van der Waals surface area contributed by atoms with Gasteiger partial charge in [-0.2, -0.15) is 0 Å². The van der Waals surface area contributed by atoms with Crippen molar-refractivity contribution in [1.82, 2.24) is 5.32 Å². The molecule has 1 aromatic rings. The minimum absolute atomic E-state index is 0.172. The standard InChI is InChI=1S/C18H28N2/c1-18(2,15-7-9-16(19)10-8-15)12-20-11-17(13-3-4-13)14-5-6-14/h7-10,13-14,17,20H,3-6,11-12,19H2,1-2H3. The SMILES string of the molecule is CC(C)(CNCC(C1CC1)C1CC1)c1ccc(N)cc1. The van der Waals surface area contributed by atoms with Crippen molar-refractivity contribution >= 4 is 5.69 Å². The Kier molecular flexibility index (Phi) is 3.76. The van der Waals surface area contributed by atoms with Crippen molar-refractivity contribution in [2.45, 2.75) is 44.9 Å². The van der Waals surface area contributed by atoms with Crippen molar-refractivity contribution < 1.29 is 0 Å². The van der Waals surface area contributed by atoms with Crippen molar-refractivity contribution in [3.63, 3.8) is 0 Å². The Morgan fingerprint density at radius 3 is 2.15 bits per heavy atom. The Morgan fingerprint density at radius 2 is 1.65 bits per heavy atom. The summed E-state index contributed by atoms with van der Waals surface area (Å²) in [6.45, 7) is 6.89. The van der Waals surface area contributed by atoms with Gasteiger partial charge in [-0.15, -0.1) is 0 Å². The Bertz CT molecular complexity index is 429. The second kappa shape index (κ2) is 5.40. The third-order valence-electron chi connectivity index (χ3n) is 5.09. The maximum atomic E-state index is 5.77. The van der Waals surface area contributed by atoms with Gasteiger partial charge in [0.2, 0.25) is 0 Å². The third-order valence-corrected chi connectivity index (χ3v) is 5.09. The number of hydrogen-bond acceptors (Lipinski definition) is 2. The highest BCUT2D eigenvalue weighted by molar-refractivity contribution is 5.41. The van der Waals surface area contributed by atoms with Crippen LogP contribution >= 0.6 is 0 Å². The number of nitrogens with two attached hydrogens (primary N) is 1. The first-order valence-corrected chi connectivity index (χ1v) is 8.13. The van der Waals surface area contributed by atoms with Gasteiger partial charge in [-0.25, -0.2) is 0 Å². The second-order valence-corrected chi connectivity index (χ2v) is 7.48. The molecular formula is C18H28N2. The van der Waals surface area contributed by atoms with Gasteiger partial charge < -0.3 is 11.1 Å². The summed E-state index contributed by atoms with van der Waals surface area (Å²) in [5.41, 5.74) is 8.16. The van der Waals surface area contributed by atoms with E-state index in [-0.39, 0.29) is 5.41 Å². The Morgan fingerprint density at radius 1 is 1.10 bits per heavy atom. The predicted octanol–water partition coefficient (Wildman–Crippen LogP) is 3.57. The molecule has 0 spiro atoms. The van der Waals surface area contributed by atoms with Crippen LogP contribution in [0, 0.1) is 17.8 Å². The number of nitrogens with one attached hydrogen (secondary N) is 1. The molecule has 3 rings (SSSR count). The van der Waals surface area contributed by atoms with Crippen LogP contribution in [-0.4, -0.2) is 13.1 Å². The molecule has 0 heterocycles. The molecule has 0 radical (unpaired) electrons.